The van der Waals surface area contributed by atoms with E-state index in [-0.39, 0.29) is 5.54 Å². The second-order valence-electron chi connectivity index (χ2n) is 8.34. The summed E-state index contributed by atoms with van der Waals surface area (Å²) in [6.07, 6.45) is 3.53. The van der Waals surface area contributed by atoms with Gasteiger partial charge in [-0.2, -0.15) is 0 Å². The minimum atomic E-state index is 0.109. The van der Waals surface area contributed by atoms with Crippen molar-refractivity contribution < 1.29 is 9.47 Å². The highest BCUT2D eigenvalue weighted by Gasteiger charge is 2.53. The molecule has 0 aromatic heterocycles. The molecule has 0 aromatic carbocycles. The van der Waals surface area contributed by atoms with Crippen LogP contribution in [0.5, 0.6) is 0 Å². The third-order valence-electron chi connectivity index (χ3n) is 6.51. The fourth-order valence-corrected chi connectivity index (χ4v) is 5.04. The maximum Gasteiger partial charge on any atom is 0.193 e. The molecule has 1 N–H and O–H groups in total. The van der Waals surface area contributed by atoms with Crippen LogP contribution in [0.4, 0.5) is 0 Å². The molecule has 4 fully saturated rings. The van der Waals surface area contributed by atoms with Gasteiger partial charge in [-0.3, -0.25) is 9.89 Å². The maximum absolute atomic E-state index is 6.09. The van der Waals surface area contributed by atoms with Crippen LogP contribution in [0.1, 0.15) is 26.7 Å². The molecule has 4 saturated heterocycles. The van der Waals surface area contributed by atoms with Crippen LogP contribution in [0.25, 0.3) is 0 Å². The topological polar surface area (TPSA) is 49.3 Å². The number of aliphatic imine (C=N–C) groups is 1. The van der Waals surface area contributed by atoms with Crippen LogP contribution >= 0.6 is 0 Å². The van der Waals surface area contributed by atoms with Gasteiger partial charge in [0.25, 0.3) is 0 Å². The fraction of sp³-hybridized carbons (Fsp3) is 0.944. The zero-order chi connectivity index (χ0) is 16.7. The van der Waals surface area contributed by atoms with E-state index >= 15 is 0 Å². The molecule has 24 heavy (non-hydrogen) atoms. The molecule has 136 valence electrons. The zero-order valence-corrected chi connectivity index (χ0v) is 15.3. The molecule has 0 aliphatic carbocycles. The van der Waals surface area contributed by atoms with E-state index in [1.807, 2.05) is 7.05 Å². The second-order valence-corrected chi connectivity index (χ2v) is 8.34. The van der Waals surface area contributed by atoms with Crippen LogP contribution in [-0.4, -0.2) is 86.5 Å². The quantitative estimate of drug-likeness (QED) is 0.610. The normalized spacial score (nSPS) is 37.1. The van der Waals surface area contributed by atoms with Crippen molar-refractivity contribution >= 4 is 5.96 Å². The summed E-state index contributed by atoms with van der Waals surface area (Å²) in [6.45, 7) is 11.5. The SMILES string of the molecule is CN=C(NCC(C)(C)N1CCOCC1)N1CC2C3CCC(O3)C2C1. The first kappa shape index (κ1) is 16.6. The largest absolute Gasteiger partial charge is 0.379 e. The number of likely N-dealkylation sites (tertiary alicyclic amines) is 1. The predicted octanol–water partition coefficient (Wildman–Crippen LogP) is 0.782. The minimum Gasteiger partial charge on any atom is -0.379 e. The van der Waals surface area contributed by atoms with Crippen LogP contribution in [0.2, 0.25) is 0 Å². The Labute approximate surface area is 145 Å². The van der Waals surface area contributed by atoms with E-state index in [0.29, 0.717) is 12.2 Å². The van der Waals surface area contributed by atoms with Crippen molar-refractivity contribution in [3.63, 3.8) is 0 Å². The van der Waals surface area contributed by atoms with Gasteiger partial charge in [0.2, 0.25) is 0 Å². The van der Waals surface area contributed by atoms with Crippen molar-refractivity contribution in [2.75, 3.05) is 53.0 Å². The molecular formula is C18H32N4O2. The van der Waals surface area contributed by atoms with E-state index in [4.69, 9.17) is 9.47 Å². The Balaban J connectivity index is 1.33. The first-order valence-electron chi connectivity index (χ1n) is 9.52. The summed E-state index contributed by atoms with van der Waals surface area (Å²) >= 11 is 0. The highest BCUT2D eigenvalue weighted by molar-refractivity contribution is 5.80. The fourth-order valence-electron chi connectivity index (χ4n) is 5.04. The van der Waals surface area contributed by atoms with Crippen molar-refractivity contribution in [1.82, 2.24) is 15.1 Å². The molecule has 6 heteroatoms. The van der Waals surface area contributed by atoms with E-state index in [0.717, 1.165) is 63.7 Å². The monoisotopic (exact) mass is 336 g/mol. The third kappa shape index (κ3) is 2.93. The van der Waals surface area contributed by atoms with Crippen LogP contribution in [0.3, 0.4) is 0 Å². The summed E-state index contributed by atoms with van der Waals surface area (Å²) in [4.78, 5) is 9.54. The third-order valence-corrected chi connectivity index (χ3v) is 6.51. The molecule has 6 nitrogen and oxygen atoms in total. The minimum absolute atomic E-state index is 0.109. The van der Waals surface area contributed by atoms with Gasteiger partial charge >= 0.3 is 0 Å². The molecule has 4 heterocycles. The summed E-state index contributed by atoms with van der Waals surface area (Å²) < 4.78 is 11.6. The highest BCUT2D eigenvalue weighted by atomic mass is 16.5. The molecule has 4 atom stereocenters. The summed E-state index contributed by atoms with van der Waals surface area (Å²) in [5.74, 6) is 2.49. The van der Waals surface area contributed by atoms with E-state index in [2.05, 4.69) is 34.0 Å². The number of morpholine rings is 1. The van der Waals surface area contributed by atoms with E-state index in [1.54, 1.807) is 0 Å². The highest BCUT2D eigenvalue weighted by Crippen LogP contribution is 2.47. The van der Waals surface area contributed by atoms with Crippen molar-refractivity contribution in [3.8, 4) is 0 Å². The number of hydrogen-bond acceptors (Lipinski definition) is 4. The number of rotatable bonds is 3. The van der Waals surface area contributed by atoms with E-state index in [9.17, 15) is 0 Å². The Hall–Kier alpha value is -0.850. The molecule has 0 spiro atoms. The van der Waals surface area contributed by atoms with E-state index < -0.39 is 0 Å². The number of hydrogen-bond donors (Lipinski definition) is 1. The summed E-state index contributed by atoms with van der Waals surface area (Å²) in [5.41, 5.74) is 0.109. The summed E-state index contributed by atoms with van der Waals surface area (Å²) in [6, 6.07) is 0. The van der Waals surface area contributed by atoms with Gasteiger partial charge in [0.05, 0.1) is 25.4 Å². The molecule has 4 rings (SSSR count). The number of ether oxygens (including phenoxy) is 2. The van der Waals surface area contributed by atoms with Gasteiger partial charge < -0.3 is 19.7 Å². The molecule has 2 bridgehead atoms. The molecule has 0 aromatic rings. The maximum atomic E-state index is 6.09. The van der Waals surface area contributed by atoms with Gasteiger partial charge in [0.15, 0.2) is 5.96 Å². The Morgan fingerprint density at radius 2 is 1.75 bits per heavy atom. The zero-order valence-electron chi connectivity index (χ0n) is 15.3. The molecule has 0 radical (unpaired) electrons. The average Bonchev–Trinajstić information content (AvgIpc) is 3.29. The lowest BCUT2D eigenvalue weighted by Gasteiger charge is -2.41. The van der Waals surface area contributed by atoms with Gasteiger partial charge in [-0.25, -0.2) is 0 Å². The summed E-state index contributed by atoms with van der Waals surface area (Å²) in [5, 5.41) is 3.64. The average molecular weight is 336 g/mol. The molecule has 0 saturated carbocycles. The summed E-state index contributed by atoms with van der Waals surface area (Å²) in [7, 11) is 1.91. The van der Waals surface area contributed by atoms with Crippen molar-refractivity contribution in [3.05, 3.63) is 0 Å². The smallest absolute Gasteiger partial charge is 0.193 e. The first-order valence-corrected chi connectivity index (χ1v) is 9.52. The molecule has 0 amide bonds. The van der Waals surface area contributed by atoms with Crippen LogP contribution in [0.15, 0.2) is 4.99 Å². The Morgan fingerprint density at radius 1 is 1.12 bits per heavy atom. The van der Waals surface area contributed by atoms with Crippen molar-refractivity contribution in [1.29, 1.82) is 0 Å². The van der Waals surface area contributed by atoms with Crippen LogP contribution < -0.4 is 5.32 Å². The van der Waals surface area contributed by atoms with Gasteiger partial charge in [0.1, 0.15) is 0 Å². The van der Waals surface area contributed by atoms with Crippen molar-refractivity contribution in [2.24, 2.45) is 16.8 Å². The van der Waals surface area contributed by atoms with Crippen LogP contribution in [-0.2, 0) is 9.47 Å². The lowest BCUT2D eigenvalue weighted by atomic mass is 9.82. The predicted molar refractivity (Wildman–Crippen MR) is 94.3 cm³/mol. The molecule has 4 aliphatic heterocycles. The van der Waals surface area contributed by atoms with Gasteiger partial charge in [-0.1, -0.05) is 0 Å². The number of nitrogens with zero attached hydrogens (tertiary/aromatic N) is 3. The number of guanidine groups is 1. The van der Waals surface area contributed by atoms with Crippen molar-refractivity contribution in [2.45, 2.75) is 44.4 Å². The van der Waals surface area contributed by atoms with Crippen LogP contribution in [0, 0.1) is 11.8 Å². The van der Waals surface area contributed by atoms with Gasteiger partial charge in [0, 0.05) is 57.1 Å². The lowest BCUT2D eigenvalue weighted by molar-refractivity contribution is -0.00849. The lowest BCUT2D eigenvalue weighted by Crippen LogP contribution is -2.56. The van der Waals surface area contributed by atoms with Gasteiger partial charge in [-0.05, 0) is 26.7 Å². The molecular weight excluding hydrogens is 304 g/mol. The number of fused-ring (bicyclic) bond motifs is 5. The second kappa shape index (κ2) is 6.46. The Morgan fingerprint density at radius 3 is 2.33 bits per heavy atom. The standard InChI is InChI=1S/C18H32N4O2/c1-18(2,22-6-8-23-9-7-22)12-20-17(19-3)21-10-13-14(11-21)16-5-4-15(13)24-16/h13-16H,4-12H2,1-3H3,(H,19,20). The molecule has 4 aliphatic rings. The van der Waals surface area contributed by atoms with Gasteiger partial charge in [-0.15, -0.1) is 0 Å². The Bertz CT molecular complexity index is 471. The van der Waals surface area contributed by atoms with E-state index in [1.165, 1.54) is 12.8 Å². The molecule has 4 unspecified atom stereocenters. The Kier molecular flexibility index (Phi) is 4.47. The number of nitrogens with one attached hydrogen (secondary N) is 1. The first-order chi connectivity index (χ1) is 11.6.